The third kappa shape index (κ3) is 4.12. The number of carbonyl (C=O) groups is 1. The van der Waals surface area contributed by atoms with Gasteiger partial charge in [-0.1, -0.05) is 0 Å². The van der Waals surface area contributed by atoms with Gasteiger partial charge < -0.3 is 15.2 Å². The Morgan fingerprint density at radius 2 is 2.15 bits per heavy atom. The lowest BCUT2D eigenvalue weighted by molar-refractivity contribution is -0.385. The van der Waals surface area contributed by atoms with Gasteiger partial charge in [-0.05, 0) is 6.07 Å². The molecule has 0 radical (unpaired) electrons. The number of rotatable bonds is 6. The number of carbonyl (C=O) groups excluding carboxylic acids is 1. The molecule has 0 bridgehead atoms. The number of esters is 1. The molecule has 0 saturated carbocycles. The Bertz CT molecular complexity index is 510. The number of nitrogens with zero attached hydrogens (tertiary/aromatic N) is 1. The van der Waals surface area contributed by atoms with Crippen LogP contribution in [0.15, 0.2) is 18.2 Å². The minimum atomic E-state index is -3.09. The van der Waals surface area contributed by atoms with Gasteiger partial charge in [0.15, 0.2) is 0 Å². The van der Waals surface area contributed by atoms with Gasteiger partial charge >= 0.3 is 12.6 Å². The maximum Gasteiger partial charge on any atom is 0.387 e. The second-order valence-electron chi connectivity index (χ2n) is 3.76. The van der Waals surface area contributed by atoms with Gasteiger partial charge in [-0.3, -0.25) is 14.9 Å². The Morgan fingerprint density at radius 1 is 1.50 bits per heavy atom. The highest BCUT2D eigenvalue weighted by Gasteiger charge is 2.20. The molecule has 1 unspecified atom stereocenters. The second kappa shape index (κ2) is 6.75. The molecule has 0 heterocycles. The van der Waals surface area contributed by atoms with E-state index in [9.17, 15) is 23.7 Å². The van der Waals surface area contributed by atoms with Crippen molar-refractivity contribution in [1.82, 2.24) is 0 Å². The highest BCUT2D eigenvalue weighted by Crippen LogP contribution is 2.26. The number of alkyl halides is 2. The van der Waals surface area contributed by atoms with Crippen molar-refractivity contribution in [2.45, 2.75) is 19.1 Å². The van der Waals surface area contributed by atoms with Crippen molar-refractivity contribution in [3.63, 3.8) is 0 Å². The van der Waals surface area contributed by atoms with Crippen LogP contribution in [-0.4, -0.2) is 30.7 Å². The molecular weight excluding hydrogens is 278 g/mol. The van der Waals surface area contributed by atoms with E-state index in [2.05, 4.69) is 9.47 Å². The first-order valence-electron chi connectivity index (χ1n) is 5.40. The Balaban J connectivity index is 3.07. The molecule has 0 aromatic heterocycles. The van der Waals surface area contributed by atoms with Crippen molar-refractivity contribution in [3.8, 4) is 5.75 Å². The molecule has 1 rings (SSSR count). The van der Waals surface area contributed by atoms with Crippen LogP contribution in [0, 0.1) is 10.1 Å². The third-order valence-corrected chi connectivity index (χ3v) is 2.41. The minimum Gasteiger partial charge on any atom is -0.468 e. The van der Waals surface area contributed by atoms with Gasteiger partial charge in [-0.25, -0.2) is 0 Å². The summed E-state index contributed by atoms with van der Waals surface area (Å²) >= 11 is 0. The van der Waals surface area contributed by atoms with Crippen molar-refractivity contribution in [2.75, 3.05) is 7.11 Å². The zero-order chi connectivity index (χ0) is 15.3. The van der Waals surface area contributed by atoms with E-state index in [1.54, 1.807) is 0 Å². The molecule has 20 heavy (non-hydrogen) atoms. The van der Waals surface area contributed by atoms with E-state index in [1.807, 2.05) is 0 Å². The Morgan fingerprint density at radius 3 is 2.65 bits per heavy atom. The summed E-state index contributed by atoms with van der Waals surface area (Å²) < 4.78 is 33.1. The Labute approximate surface area is 112 Å². The van der Waals surface area contributed by atoms with E-state index in [0.29, 0.717) is 0 Å². The van der Waals surface area contributed by atoms with Crippen LogP contribution in [0.1, 0.15) is 5.56 Å². The minimum absolute atomic E-state index is 0.0254. The number of non-ortho nitro benzene ring substituents is 1. The van der Waals surface area contributed by atoms with E-state index in [-0.39, 0.29) is 23.4 Å². The van der Waals surface area contributed by atoms with Crippen LogP contribution in [-0.2, 0) is 16.0 Å². The predicted molar refractivity (Wildman–Crippen MR) is 63.4 cm³/mol. The Hall–Kier alpha value is -2.29. The standard InChI is InChI=1S/C11H12F2N2O5/c1-19-10(16)8(14)5-6-4-7(15(17)18)2-3-9(6)20-11(12)13/h2-4,8,11H,5,14H2,1H3. The maximum absolute atomic E-state index is 12.2. The highest BCUT2D eigenvalue weighted by molar-refractivity contribution is 5.76. The summed E-state index contributed by atoms with van der Waals surface area (Å²) in [5.74, 6) is -1.04. The molecule has 0 aliphatic rings. The molecule has 0 fully saturated rings. The fourth-order valence-electron chi connectivity index (χ4n) is 1.52. The molecule has 0 aliphatic carbocycles. The number of nitro benzene ring substituents is 1. The van der Waals surface area contributed by atoms with Crippen LogP contribution in [0.3, 0.4) is 0 Å². The van der Waals surface area contributed by atoms with Gasteiger partial charge in [0.05, 0.1) is 12.0 Å². The van der Waals surface area contributed by atoms with Gasteiger partial charge in [0.2, 0.25) is 0 Å². The zero-order valence-electron chi connectivity index (χ0n) is 10.4. The number of halogens is 2. The van der Waals surface area contributed by atoms with Crippen LogP contribution in [0.4, 0.5) is 14.5 Å². The summed E-state index contributed by atoms with van der Waals surface area (Å²) in [6, 6.07) is 1.94. The van der Waals surface area contributed by atoms with Crippen molar-refractivity contribution < 1.29 is 28.0 Å². The van der Waals surface area contributed by atoms with Gasteiger partial charge in [-0.2, -0.15) is 8.78 Å². The summed E-state index contributed by atoms with van der Waals surface area (Å²) in [6.45, 7) is -3.09. The molecule has 1 atom stereocenters. The number of nitro groups is 1. The number of ether oxygens (including phenoxy) is 2. The monoisotopic (exact) mass is 290 g/mol. The van der Waals surface area contributed by atoms with Crippen LogP contribution in [0.25, 0.3) is 0 Å². The predicted octanol–water partition coefficient (Wildman–Crippen LogP) is 1.24. The number of nitrogens with two attached hydrogens (primary N) is 1. The summed E-state index contributed by atoms with van der Waals surface area (Å²) in [5, 5.41) is 10.7. The molecule has 0 amide bonds. The van der Waals surface area contributed by atoms with Crippen molar-refractivity contribution in [2.24, 2.45) is 5.73 Å². The molecule has 0 aliphatic heterocycles. The largest absolute Gasteiger partial charge is 0.468 e. The van der Waals surface area contributed by atoms with Crippen LogP contribution >= 0.6 is 0 Å². The van der Waals surface area contributed by atoms with Crippen molar-refractivity contribution >= 4 is 11.7 Å². The molecule has 1 aromatic carbocycles. The van der Waals surface area contributed by atoms with Gasteiger partial charge in [0.25, 0.3) is 5.69 Å². The summed E-state index contributed by atoms with van der Waals surface area (Å²) in [5.41, 5.74) is 5.20. The van der Waals surface area contributed by atoms with E-state index < -0.39 is 23.5 Å². The second-order valence-corrected chi connectivity index (χ2v) is 3.76. The molecule has 0 saturated heterocycles. The lowest BCUT2D eigenvalue weighted by Crippen LogP contribution is -2.33. The molecule has 110 valence electrons. The molecule has 9 heteroatoms. The quantitative estimate of drug-likeness (QED) is 0.480. The molecule has 2 N–H and O–H groups in total. The van der Waals surface area contributed by atoms with Crippen molar-refractivity contribution in [1.29, 1.82) is 0 Å². The van der Waals surface area contributed by atoms with E-state index >= 15 is 0 Å². The maximum atomic E-state index is 12.2. The third-order valence-electron chi connectivity index (χ3n) is 2.41. The number of hydrogen-bond acceptors (Lipinski definition) is 6. The van der Waals surface area contributed by atoms with E-state index in [4.69, 9.17) is 5.73 Å². The number of benzene rings is 1. The van der Waals surface area contributed by atoms with E-state index in [0.717, 1.165) is 25.3 Å². The summed E-state index contributed by atoms with van der Waals surface area (Å²) in [7, 11) is 1.12. The SMILES string of the molecule is COC(=O)C(N)Cc1cc([N+](=O)[O-])ccc1OC(F)F. The van der Waals surface area contributed by atoms with Crippen LogP contribution in [0.5, 0.6) is 5.75 Å². The first kappa shape index (κ1) is 15.8. The van der Waals surface area contributed by atoms with Crippen LogP contribution in [0.2, 0.25) is 0 Å². The van der Waals surface area contributed by atoms with Gasteiger partial charge in [0.1, 0.15) is 11.8 Å². The van der Waals surface area contributed by atoms with E-state index in [1.165, 1.54) is 0 Å². The first-order chi connectivity index (χ1) is 9.35. The molecule has 7 nitrogen and oxygen atoms in total. The average molecular weight is 290 g/mol. The topological polar surface area (TPSA) is 105 Å². The zero-order valence-corrected chi connectivity index (χ0v) is 10.4. The lowest BCUT2D eigenvalue weighted by Gasteiger charge is -2.13. The molecule has 0 spiro atoms. The Kier molecular flexibility index (Phi) is 5.32. The fourth-order valence-corrected chi connectivity index (χ4v) is 1.52. The smallest absolute Gasteiger partial charge is 0.387 e. The van der Waals surface area contributed by atoms with Crippen molar-refractivity contribution in [3.05, 3.63) is 33.9 Å². The normalized spacial score (nSPS) is 12.1. The number of methoxy groups -OCH3 is 1. The first-order valence-corrected chi connectivity index (χ1v) is 5.40. The highest BCUT2D eigenvalue weighted by atomic mass is 19.3. The summed E-state index contributed by atoms with van der Waals surface area (Å²) in [4.78, 5) is 21.2. The number of hydrogen-bond donors (Lipinski definition) is 1. The van der Waals surface area contributed by atoms with Crippen LogP contribution < -0.4 is 10.5 Å². The fraction of sp³-hybridized carbons (Fsp3) is 0.364. The molecular formula is C11H12F2N2O5. The van der Waals surface area contributed by atoms with Gasteiger partial charge in [0, 0.05) is 24.1 Å². The average Bonchev–Trinajstić information content (AvgIpc) is 2.38. The summed E-state index contributed by atoms with van der Waals surface area (Å²) in [6.07, 6.45) is -0.226. The molecule has 1 aromatic rings. The van der Waals surface area contributed by atoms with Gasteiger partial charge in [-0.15, -0.1) is 0 Å². The lowest BCUT2D eigenvalue weighted by atomic mass is 10.0.